The molecule has 2 heterocycles. The number of aromatic nitrogens is 3. The third kappa shape index (κ3) is 6.55. The highest BCUT2D eigenvalue weighted by molar-refractivity contribution is 9.10. The van der Waals surface area contributed by atoms with E-state index in [-0.39, 0.29) is 5.91 Å². The minimum Gasteiger partial charge on any atom is -0.368 e. The van der Waals surface area contributed by atoms with Gasteiger partial charge in [-0.25, -0.2) is 4.68 Å². The highest BCUT2D eigenvalue weighted by Gasteiger charge is 2.20. The number of rotatable bonds is 9. The number of hydrogen-bond donors (Lipinski definition) is 1. The second-order valence-corrected chi connectivity index (χ2v) is 10.3. The van der Waals surface area contributed by atoms with Gasteiger partial charge in [0, 0.05) is 37.2 Å². The van der Waals surface area contributed by atoms with E-state index in [4.69, 9.17) is 23.2 Å². The summed E-state index contributed by atoms with van der Waals surface area (Å²) in [6.45, 7) is 7.87. The molecule has 1 fully saturated rings. The summed E-state index contributed by atoms with van der Waals surface area (Å²) in [7, 11) is 0. The standard InChI is InChI=1S/C25H29BrCl2N6O/c1-18-24(30-31-34(18)17-19-7-2-3-8-20(19)26)25(35)29-11-4-5-12-32-13-15-33(16-14-32)22-10-6-9-21(27)23(22)28/h2-3,6-10H,4-5,11-17H2,1H3,(H,29,35). The van der Waals surface area contributed by atoms with E-state index in [0.29, 0.717) is 28.8 Å². The van der Waals surface area contributed by atoms with Gasteiger partial charge < -0.3 is 10.2 Å². The van der Waals surface area contributed by atoms with Crippen LogP contribution < -0.4 is 10.2 Å². The van der Waals surface area contributed by atoms with Crippen molar-refractivity contribution in [1.29, 1.82) is 0 Å². The highest BCUT2D eigenvalue weighted by atomic mass is 79.9. The monoisotopic (exact) mass is 578 g/mol. The Balaban J connectivity index is 1.16. The second kappa shape index (κ2) is 12.2. The molecule has 0 saturated carbocycles. The van der Waals surface area contributed by atoms with Crippen LogP contribution in [0.4, 0.5) is 5.69 Å². The third-order valence-corrected chi connectivity index (χ3v) is 7.89. The number of hydrogen-bond acceptors (Lipinski definition) is 5. The van der Waals surface area contributed by atoms with E-state index >= 15 is 0 Å². The van der Waals surface area contributed by atoms with E-state index in [0.717, 1.165) is 67.0 Å². The Kier molecular flexibility index (Phi) is 9.05. The zero-order valence-corrected chi connectivity index (χ0v) is 22.8. The van der Waals surface area contributed by atoms with Crippen LogP contribution >= 0.6 is 39.1 Å². The highest BCUT2D eigenvalue weighted by Crippen LogP contribution is 2.32. The molecule has 0 aliphatic carbocycles. The predicted octanol–water partition coefficient (Wildman–Crippen LogP) is 5.04. The van der Waals surface area contributed by atoms with Crippen LogP contribution in [0.25, 0.3) is 0 Å². The molecule has 10 heteroatoms. The molecule has 1 aliphatic rings. The molecule has 7 nitrogen and oxygen atoms in total. The smallest absolute Gasteiger partial charge is 0.273 e. The summed E-state index contributed by atoms with van der Waals surface area (Å²) in [4.78, 5) is 17.4. The van der Waals surface area contributed by atoms with Crippen LogP contribution in [0.15, 0.2) is 46.9 Å². The molecule has 0 radical (unpaired) electrons. The van der Waals surface area contributed by atoms with Crippen molar-refractivity contribution >= 4 is 50.7 Å². The van der Waals surface area contributed by atoms with Crippen molar-refractivity contribution in [3.05, 3.63) is 73.9 Å². The molecule has 0 bridgehead atoms. The maximum Gasteiger partial charge on any atom is 0.273 e. The van der Waals surface area contributed by atoms with Gasteiger partial charge in [0.1, 0.15) is 0 Å². The summed E-state index contributed by atoms with van der Waals surface area (Å²) < 4.78 is 2.76. The first-order valence-corrected chi connectivity index (χ1v) is 13.3. The molecule has 186 valence electrons. The second-order valence-electron chi connectivity index (χ2n) is 8.64. The van der Waals surface area contributed by atoms with Crippen LogP contribution in [-0.2, 0) is 6.54 Å². The molecule has 4 rings (SSSR count). The Hall–Kier alpha value is -2.13. The average Bonchev–Trinajstić information content (AvgIpc) is 3.22. The van der Waals surface area contributed by atoms with Crippen LogP contribution in [0.3, 0.4) is 0 Å². The lowest BCUT2D eigenvalue weighted by Gasteiger charge is -2.36. The van der Waals surface area contributed by atoms with Gasteiger partial charge in [0.05, 0.1) is 28.0 Å². The number of benzene rings is 2. The van der Waals surface area contributed by atoms with Crippen molar-refractivity contribution in [2.45, 2.75) is 26.3 Å². The third-order valence-electron chi connectivity index (χ3n) is 6.31. The lowest BCUT2D eigenvalue weighted by Crippen LogP contribution is -2.46. The van der Waals surface area contributed by atoms with Crippen LogP contribution in [0.1, 0.15) is 34.6 Å². The molecule has 0 atom stereocenters. The summed E-state index contributed by atoms with van der Waals surface area (Å²) in [6, 6.07) is 13.7. The van der Waals surface area contributed by atoms with E-state index in [1.54, 1.807) is 4.68 Å². The van der Waals surface area contributed by atoms with Crippen molar-refractivity contribution in [2.75, 3.05) is 44.2 Å². The fourth-order valence-corrected chi connectivity index (χ4v) is 5.03. The first-order valence-electron chi connectivity index (χ1n) is 11.8. The van der Waals surface area contributed by atoms with Gasteiger partial charge in [0.25, 0.3) is 5.91 Å². The summed E-state index contributed by atoms with van der Waals surface area (Å²) >= 11 is 16.1. The minimum atomic E-state index is -0.173. The summed E-state index contributed by atoms with van der Waals surface area (Å²) in [5.74, 6) is -0.173. The first kappa shape index (κ1) is 25.9. The number of unbranched alkanes of at least 4 members (excludes halogenated alkanes) is 1. The van der Waals surface area contributed by atoms with Gasteiger partial charge in [-0.2, -0.15) is 0 Å². The van der Waals surface area contributed by atoms with Crippen molar-refractivity contribution in [1.82, 2.24) is 25.2 Å². The summed E-state index contributed by atoms with van der Waals surface area (Å²) in [6.07, 6.45) is 1.93. The maximum absolute atomic E-state index is 12.6. The van der Waals surface area contributed by atoms with Crippen LogP contribution in [0.2, 0.25) is 10.0 Å². The molecular formula is C25H29BrCl2N6O. The van der Waals surface area contributed by atoms with Crippen LogP contribution in [0.5, 0.6) is 0 Å². The zero-order valence-electron chi connectivity index (χ0n) is 19.7. The Bertz CT molecular complexity index is 1160. The molecular weight excluding hydrogens is 551 g/mol. The SMILES string of the molecule is Cc1c(C(=O)NCCCCN2CCN(c3cccc(Cl)c3Cl)CC2)nnn1Cc1ccccc1Br. The van der Waals surface area contributed by atoms with Crippen molar-refractivity contribution < 1.29 is 4.79 Å². The van der Waals surface area contributed by atoms with Crippen LogP contribution in [0, 0.1) is 6.92 Å². The Morgan fingerprint density at radius 2 is 1.83 bits per heavy atom. The van der Waals surface area contributed by atoms with E-state index in [9.17, 15) is 4.79 Å². The zero-order chi connectivity index (χ0) is 24.8. The minimum absolute atomic E-state index is 0.173. The van der Waals surface area contributed by atoms with Gasteiger partial charge in [-0.05, 0) is 50.1 Å². The van der Waals surface area contributed by atoms with Crippen molar-refractivity contribution in [3.63, 3.8) is 0 Å². The number of nitrogens with one attached hydrogen (secondary N) is 1. The van der Waals surface area contributed by atoms with Gasteiger partial charge in [0.15, 0.2) is 5.69 Å². The average molecular weight is 580 g/mol. The lowest BCUT2D eigenvalue weighted by molar-refractivity contribution is 0.0946. The molecule has 1 amide bonds. The molecule has 1 N–H and O–H groups in total. The molecule has 3 aromatic rings. The van der Waals surface area contributed by atoms with Gasteiger partial charge in [-0.3, -0.25) is 9.69 Å². The predicted molar refractivity (Wildman–Crippen MR) is 145 cm³/mol. The van der Waals surface area contributed by atoms with Gasteiger partial charge in [-0.1, -0.05) is 68.6 Å². The molecule has 1 aromatic heterocycles. The van der Waals surface area contributed by atoms with Gasteiger partial charge in [0.2, 0.25) is 0 Å². The molecule has 1 saturated heterocycles. The lowest BCUT2D eigenvalue weighted by atomic mass is 10.2. The number of nitrogens with zero attached hydrogens (tertiary/aromatic N) is 5. The van der Waals surface area contributed by atoms with Gasteiger partial charge in [-0.15, -0.1) is 5.10 Å². The largest absolute Gasteiger partial charge is 0.368 e. The van der Waals surface area contributed by atoms with E-state index in [1.165, 1.54) is 0 Å². The molecule has 1 aliphatic heterocycles. The Morgan fingerprint density at radius 1 is 1.06 bits per heavy atom. The summed E-state index contributed by atoms with van der Waals surface area (Å²) in [5, 5.41) is 12.5. The number of piperazine rings is 1. The van der Waals surface area contributed by atoms with E-state index in [1.807, 2.05) is 49.4 Å². The normalized spacial score (nSPS) is 14.3. The maximum atomic E-state index is 12.6. The first-order chi connectivity index (χ1) is 16.9. The van der Waals surface area contributed by atoms with Crippen molar-refractivity contribution in [2.24, 2.45) is 0 Å². The van der Waals surface area contributed by atoms with Crippen LogP contribution in [-0.4, -0.2) is 65.1 Å². The fourth-order valence-electron chi connectivity index (χ4n) is 4.20. The van der Waals surface area contributed by atoms with E-state index < -0.39 is 0 Å². The molecule has 0 unspecified atom stereocenters. The number of carbonyl (C=O) groups is 1. The summed E-state index contributed by atoms with van der Waals surface area (Å²) in [5.41, 5.74) is 3.23. The van der Waals surface area contributed by atoms with Crippen molar-refractivity contribution in [3.8, 4) is 0 Å². The molecule has 0 spiro atoms. The molecule has 35 heavy (non-hydrogen) atoms. The molecule has 2 aromatic carbocycles. The number of anilines is 1. The fraction of sp³-hybridized carbons (Fsp3) is 0.400. The topological polar surface area (TPSA) is 66.3 Å². The number of carbonyl (C=O) groups excluding carboxylic acids is 1. The number of amides is 1. The number of halogens is 3. The quantitative estimate of drug-likeness (QED) is 0.360. The Morgan fingerprint density at radius 3 is 2.60 bits per heavy atom. The van der Waals surface area contributed by atoms with Gasteiger partial charge >= 0.3 is 0 Å². The van der Waals surface area contributed by atoms with E-state index in [2.05, 4.69) is 41.4 Å². The Labute approximate surface area is 224 Å².